The monoisotopic (exact) mass is 211 g/mol. The molecule has 0 radical (unpaired) electrons. The molecule has 1 heterocycles. The molecule has 1 aliphatic rings. The molecule has 1 aliphatic heterocycles. The molecule has 2 amide bonds. The van der Waals surface area contributed by atoms with Crippen molar-refractivity contribution in [2.75, 3.05) is 6.54 Å². The Balaban J connectivity index is 2.59. The predicted octanol–water partition coefficient (Wildman–Crippen LogP) is 2.06. The molecule has 0 aromatic rings. The number of amides is 2. The van der Waals surface area contributed by atoms with E-state index >= 15 is 0 Å². The van der Waals surface area contributed by atoms with Gasteiger partial charge in [-0.3, -0.25) is 14.5 Å². The van der Waals surface area contributed by atoms with Gasteiger partial charge in [0.1, 0.15) is 0 Å². The first kappa shape index (κ1) is 12.2. The number of hydrogen-bond acceptors (Lipinski definition) is 2. The summed E-state index contributed by atoms with van der Waals surface area (Å²) in [5.41, 5.74) is 0. The van der Waals surface area contributed by atoms with E-state index in [-0.39, 0.29) is 23.7 Å². The van der Waals surface area contributed by atoms with Crippen LogP contribution in [-0.4, -0.2) is 23.3 Å². The average Bonchev–Trinajstić information content (AvgIpc) is 2.39. The van der Waals surface area contributed by atoms with E-state index in [0.29, 0.717) is 18.9 Å². The number of carbonyl (C=O) groups is 2. The minimum absolute atomic E-state index is 0.0133. The van der Waals surface area contributed by atoms with Crippen LogP contribution in [0, 0.1) is 17.8 Å². The first-order chi connectivity index (χ1) is 6.93. The molecule has 0 N–H and O–H groups in total. The summed E-state index contributed by atoms with van der Waals surface area (Å²) in [6.45, 7) is 8.80. The Morgan fingerprint density at radius 1 is 1.27 bits per heavy atom. The number of likely N-dealkylation sites (tertiary alicyclic amines) is 1. The topological polar surface area (TPSA) is 37.4 Å². The highest BCUT2D eigenvalue weighted by Gasteiger charge is 2.39. The van der Waals surface area contributed by atoms with Crippen LogP contribution in [0.1, 0.15) is 40.5 Å². The van der Waals surface area contributed by atoms with E-state index < -0.39 is 0 Å². The van der Waals surface area contributed by atoms with Crippen molar-refractivity contribution in [1.82, 2.24) is 4.90 Å². The quantitative estimate of drug-likeness (QED) is 0.667. The van der Waals surface area contributed by atoms with E-state index in [0.717, 1.165) is 6.42 Å². The van der Waals surface area contributed by atoms with Gasteiger partial charge in [0.15, 0.2) is 0 Å². The molecule has 3 heteroatoms. The van der Waals surface area contributed by atoms with Crippen LogP contribution in [0.2, 0.25) is 0 Å². The molecule has 3 nitrogen and oxygen atoms in total. The second-order valence-corrected chi connectivity index (χ2v) is 5.12. The van der Waals surface area contributed by atoms with E-state index in [1.165, 1.54) is 4.90 Å². The molecule has 1 atom stereocenters. The largest absolute Gasteiger partial charge is 0.282 e. The Morgan fingerprint density at radius 3 is 2.27 bits per heavy atom. The molecule has 0 bridgehead atoms. The maximum absolute atomic E-state index is 11.9. The lowest BCUT2D eigenvalue weighted by Crippen LogP contribution is -2.33. The van der Waals surface area contributed by atoms with Crippen LogP contribution in [0.3, 0.4) is 0 Å². The highest BCUT2D eigenvalue weighted by Crippen LogP contribution is 2.26. The summed E-state index contributed by atoms with van der Waals surface area (Å²) in [5.74, 6) is 0.772. The van der Waals surface area contributed by atoms with Crippen molar-refractivity contribution in [2.24, 2.45) is 17.8 Å². The second-order valence-electron chi connectivity index (χ2n) is 5.12. The maximum atomic E-state index is 11.9. The van der Waals surface area contributed by atoms with Gasteiger partial charge in [0.2, 0.25) is 11.8 Å². The summed E-state index contributed by atoms with van der Waals surface area (Å²) < 4.78 is 0. The highest BCUT2D eigenvalue weighted by molar-refractivity contribution is 6.03. The van der Waals surface area contributed by atoms with Gasteiger partial charge < -0.3 is 0 Å². The van der Waals surface area contributed by atoms with Crippen LogP contribution in [0.15, 0.2) is 0 Å². The summed E-state index contributed by atoms with van der Waals surface area (Å²) in [4.78, 5) is 24.9. The Kier molecular flexibility index (Phi) is 3.89. The van der Waals surface area contributed by atoms with E-state index in [4.69, 9.17) is 0 Å². The Labute approximate surface area is 91.8 Å². The van der Waals surface area contributed by atoms with Gasteiger partial charge in [0.25, 0.3) is 0 Å². The van der Waals surface area contributed by atoms with Crippen LogP contribution in [0.25, 0.3) is 0 Å². The zero-order valence-corrected chi connectivity index (χ0v) is 10.1. The predicted molar refractivity (Wildman–Crippen MR) is 59.1 cm³/mol. The third-order valence-corrected chi connectivity index (χ3v) is 3.01. The lowest BCUT2D eigenvalue weighted by molar-refractivity contribution is -0.139. The molecule has 0 aromatic heterocycles. The number of rotatable bonds is 4. The van der Waals surface area contributed by atoms with Crippen molar-refractivity contribution >= 4 is 11.8 Å². The van der Waals surface area contributed by atoms with Gasteiger partial charge in [0.05, 0.1) is 0 Å². The van der Waals surface area contributed by atoms with Crippen molar-refractivity contribution in [3.63, 3.8) is 0 Å². The SMILES string of the molecule is CC(C)CCN1C(=O)CC(C(C)C)C1=O. The minimum atomic E-state index is -0.0790. The zero-order valence-electron chi connectivity index (χ0n) is 10.1. The third-order valence-electron chi connectivity index (χ3n) is 3.01. The van der Waals surface area contributed by atoms with Gasteiger partial charge >= 0.3 is 0 Å². The average molecular weight is 211 g/mol. The molecule has 1 unspecified atom stereocenters. The van der Waals surface area contributed by atoms with Crippen molar-refractivity contribution in [2.45, 2.75) is 40.5 Å². The lowest BCUT2D eigenvalue weighted by atomic mass is 9.94. The van der Waals surface area contributed by atoms with E-state index in [1.807, 2.05) is 13.8 Å². The lowest BCUT2D eigenvalue weighted by Gasteiger charge is -2.17. The Hall–Kier alpha value is -0.860. The van der Waals surface area contributed by atoms with Crippen molar-refractivity contribution in [3.05, 3.63) is 0 Å². The first-order valence-corrected chi connectivity index (χ1v) is 5.77. The second kappa shape index (κ2) is 4.77. The van der Waals surface area contributed by atoms with E-state index in [9.17, 15) is 9.59 Å². The third kappa shape index (κ3) is 2.80. The van der Waals surface area contributed by atoms with E-state index in [2.05, 4.69) is 13.8 Å². The number of hydrogen-bond donors (Lipinski definition) is 0. The molecular formula is C12H21NO2. The summed E-state index contributed by atoms with van der Waals surface area (Å²) in [5, 5.41) is 0. The molecule has 86 valence electrons. The van der Waals surface area contributed by atoms with Crippen LogP contribution in [0.5, 0.6) is 0 Å². The molecule has 1 saturated heterocycles. The Morgan fingerprint density at radius 2 is 1.87 bits per heavy atom. The molecule has 0 spiro atoms. The molecule has 1 fully saturated rings. The number of nitrogens with zero attached hydrogens (tertiary/aromatic N) is 1. The fourth-order valence-electron chi connectivity index (χ4n) is 1.85. The summed E-state index contributed by atoms with van der Waals surface area (Å²) in [7, 11) is 0. The number of imide groups is 1. The van der Waals surface area contributed by atoms with Crippen LogP contribution < -0.4 is 0 Å². The summed E-state index contributed by atoms with van der Waals surface area (Å²) in [6, 6.07) is 0. The molecule has 0 aliphatic carbocycles. The highest BCUT2D eigenvalue weighted by atomic mass is 16.2. The summed E-state index contributed by atoms with van der Waals surface area (Å²) >= 11 is 0. The van der Waals surface area contributed by atoms with Gasteiger partial charge in [-0.25, -0.2) is 0 Å². The number of carbonyl (C=O) groups excluding carboxylic acids is 2. The Bertz CT molecular complexity index is 258. The fourth-order valence-corrected chi connectivity index (χ4v) is 1.85. The smallest absolute Gasteiger partial charge is 0.233 e. The van der Waals surface area contributed by atoms with Gasteiger partial charge in [0, 0.05) is 18.9 Å². The van der Waals surface area contributed by atoms with Gasteiger partial charge in [-0.15, -0.1) is 0 Å². The fraction of sp³-hybridized carbons (Fsp3) is 0.833. The van der Waals surface area contributed by atoms with Crippen LogP contribution >= 0.6 is 0 Å². The zero-order chi connectivity index (χ0) is 11.6. The van der Waals surface area contributed by atoms with Gasteiger partial charge in [-0.05, 0) is 18.3 Å². The van der Waals surface area contributed by atoms with Crippen molar-refractivity contribution < 1.29 is 9.59 Å². The summed E-state index contributed by atoms with van der Waals surface area (Å²) in [6.07, 6.45) is 1.32. The van der Waals surface area contributed by atoms with E-state index in [1.54, 1.807) is 0 Å². The van der Waals surface area contributed by atoms with Crippen molar-refractivity contribution in [3.8, 4) is 0 Å². The standard InChI is InChI=1S/C12H21NO2/c1-8(2)5-6-13-11(14)7-10(9(3)4)12(13)15/h8-10H,5-7H2,1-4H3. The maximum Gasteiger partial charge on any atom is 0.233 e. The minimum Gasteiger partial charge on any atom is -0.282 e. The van der Waals surface area contributed by atoms with Gasteiger partial charge in [-0.2, -0.15) is 0 Å². The first-order valence-electron chi connectivity index (χ1n) is 5.77. The van der Waals surface area contributed by atoms with Crippen molar-refractivity contribution in [1.29, 1.82) is 0 Å². The van der Waals surface area contributed by atoms with Crippen LogP contribution in [-0.2, 0) is 9.59 Å². The molecule has 1 rings (SSSR count). The molecule has 0 aromatic carbocycles. The molecular weight excluding hydrogens is 190 g/mol. The normalized spacial score (nSPS) is 22.3. The van der Waals surface area contributed by atoms with Gasteiger partial charge in [-0.1, -0.05) is 27.7 Å². The van der Waals surface area contributed by atoms with Crippen LogP contribution in [0.4, 0.5) is 0 Å². The molecule has 15 heavy (non-hydrogen) atoms. The molecule has 0 saturated carbocycles.